The summed E-state index contributed by atoms with van der Waals surface area (Å²) >= 11 is 0. The van der Waals surface area contributed by atoms with E-state index in [4.69, 9.17) is 0 Å². The van der Waals surface area contributed by atoms with Gasteiger partial charge < -0.3 is 0 Å². The van der Waals surface area contributed by atoms with Gasteiger partial charge in [-0.1, -0.05) is 91.0 Å². The van der Waals surface area contributed by atoms with Crippen LogP contribution in [-0.4, -0.2) is 34.7 Å². The summed E-state index contributed by atoms with van der Waals surface area (Å²) in [5.41, 5.74) is 2.34. The van der Waals surface area contributed by atoms with E-state index in [-0.39, 0.29) is 51.8 Å². The fourth-order valence-corrected chi connectivity index (χ4v) is 4.20. The molecule has 0 amide bonds. The van der Waals surface area contributed by atoms with Crippen LogP contribution in [0.2, 0.25) is 0 Å². The van der Waals surface area contributed by atoms with Crippen LogP contribution in [0.15, 0.2) is 91.0 Å². The monoisotopic (exact) mass is 584 g/mol. The first-order chi connectivity index (χ1) is 18.4. The molecule has 3 aromatic carbocycles. The summed E-state index contributed by atoms with van der Waals surface area (Å²) in [6, 6.07) is 27.3. The van der Waals surface area contributed by atoms with Crippen LogP contribution in [0.5, 0.6) is 0 Å². The number of carbonyl (C=O) groups is 6. The molecule has 0 unspecified atom stereocenters. The van der Waals surface area contributed by atoms with Gasteiger partial charge in [-0.2, -0.15) is 0 Å². The Kier molecular flexibility index (Phi) is 16.7. The molecule has 6 nitrogen and oxygen atoms in total. The quantitative estimate of drug-likeness (QED) is 0.231. The Bertz CT molecular complexity index is 1070. The summed E-state index contributed by atoms with van der Waals surface area (Å²) in [6.07, 6.45) is 0. The van der Waals surface area contributed by atoms with Gasteiger partial charge in [-0.15, -0.1) is 0 Å². The number of Topliss-reactive ketones (excluding diaryl/α,β-unsaturated/α-hetero) is 6. The SMILES string of the molecule is CC(=O)C(C(C)=O)c1ccccc1.CC(=O)C(C(C)=O)c1ccccc1.CC(=O)C(C(C)=O)c1ccccc1.[Fe+3]. The van der Waals surface area contributed by atoms with Gasteiger partial charge in [0, 0.05) is 0 Å². The summed E-state index contributed by atoms with van der Waals surface area (Å²) in [7, 11) is 0. The number of hydrogen-bond donors (Lipinski definition) is 0. The Morgan fingerprint density at radius 2 is 0.500 bits per heavy atom. The average molecular weight is 584 g/mol. The Labute approximate surface area is 247 Å². The van der Waals surface area contributed by atoms with E-state index in [0.717, 1.165) is 16.7 Å². The molecule has 0 bridgehead atoms. The first-order valence-electron chi connectivity index (χ1n) is 12.6. The Morgan fingerprint density at radius 1 is 0.350 bits per heavy atom. The molecule has 0 fully saturated rings. The van der Waals surface area contributed by atoms with E-state index < -0.39 is 17.8 Å². The largest absolute Gasteiger partial charge is 3.00 e. The van der Waals surface area contributed by atoms with Gasteiger partial charge >= 0.3 is 17.1 Å². The number of hydrogen-bond acceptors (Lipinski definition) is 6. The van der Waals surface area contributed by atoms with Gasteiger partial charge in [-0.25, -0.2) is 0 Å². The fraction of sp³-hybridized carbons (Fsp3) is 0.273. The molecule has 40 heavy (non-hydrogen) atoms. The van der Waals surface area contributed by atoms with E-state index in [2.05, 4.69) is 0 Å². The second-order valence-corrected chi connectivity index (χ2v) is 9.19. The molecular weight excluding hydrogens is 548 g/mol. The van der Waals surface area contributed by atoms with Crippen LogP contribution < -0.4 is 0 Å². The molecule has 0 saturated heterocycles. The van der Waals surface area contributed by atoms with Crippen molar-refractivity contribution in [2.75, 3.05) is 0 Å². The van der Waals surface area contributed by atoms with Gasteiger partial charge in [0.25, 0.3) is 0 Å². The normalized spacial score (nSPS) is 9.82. The van der Waals surface area contributed by atoms with Gasteiger partial charge in [-0.3, -0.25) is 28.8 Å². The van der Waals surface area contributed by atoms with Crippen molar-refractivity contribution < 1.29 is 45.8 Å². The zero-order valence-corrected chi connectivity index (χ0v) is 24.8. The summed E-state index contributed by atoms with van der Waals surface area (Å²) in [5, 5.41) is 0. The molecule has 0 N–H and O–H groups in total. The molecule has 1 radical (unpaired) electrons. The second-order valence-electron chi connectivity index (χ2n) is 9.19. The zero-order valence-electron chi connectivity index (χ0n) is 23.7. The predicted molar refractivity (Wildman–Crippen MR) is 152 cm³/mol. The molecule has 0 aliphatic carbocycles. The summed E-state index contributed by atoms with van der Waals surface area (Å²) in [6.45, 7) is 8.66. The average Bonchev–Trinajstić information content (AvgIpc) is 2.85. The molecule has 3 rings (SSSR count). The van der Waals surface area contributed by atoms with Gasteiger partial charge in [0.2, 0.25) is 0 Å². The fourth-order valence-electron chi connectivity index (χ4n) is 4.20. The maximum absolute atomic E-state index is 11.2. The molecule has 3 aromatic rings. The minimum absolute atomic E-state index is 0. The molecule has 209 valence electrons. The van der Waals surface area contributed by atoms with E-state index >= 15 is 0 Å². The molecule has 0 spiro atoms. The van der Waals surface area contributed by atoms with Gasteiger partial charge in [0.15, 0.2) is 0 Å². The maximum Gasteiger partial charge on any atom is 3.00 e. The maximum atomic E-state index is 11.2. The predicted octanol–water partition coefficient (Wildman–Crippen LogP) is 5.84. The first kappa shape index (κ1) is 36.2. The van der Waals surface area contributed by atoms with Crippen molar-refractivity contribution in [2.45, 2.75) is 59.3 Å². The van der Waals surface area contributed by atoms with Crippen molar-refractivity contribution >= 4 is 34.7 Å². The van der Waals surface area contributed by atoms with Crippen molar-refractivity contribution in [1.29, 1.82) is 0 Å². The third kappa shape index (κ3) is 11.9. The van der Waals surface area contributed by atoms with E-state index in [0.29, 0.717) is 0 Å². The van der Waals surface area contributed by atoms with Crippen LogP contribution in [0.3, 0.4) is 0 Å². The van der Waals surface area contributed by atoms with Crippen molar-refractivity contribution in [2.24, 2.45) is 0 Å². The molecule has 0 aliphatic rings. The van der Waals surface area contributed by atoms with Crippen molar-refractivity contribution in [3.05, 3.63) is 108 Å². The van der Waals surface area contributed by atoms with E-state index in [1.54, 1.807) is 36.4 Å². The standard InChI is InChI=1S/3C11H12O2.Fe/c3*1-8(12)11(9(2)13)10-6-4-3-5-7-10;/h3*3-7,11H,1-2H3;/q;;;+3. The van der Waals surface area contributed by atoms with Crippen LogP contribution in [0, 0.1) is 0 Å². The molecule has 0 atom stereocenters. The van der Waals surface area contributed by atoms with E-state index in [1.807, 2.05) is 54.6 Å². The third-order valence-electron chi connectivity index (χ3n) is 5.84. The van der Waals surface area contributed by atoms with Crippen LogP contribution in [-0.2, 0) is 45.8 Å². The van der Waals surface area contributed by atoms with Crippen LogP contribution in [0.25, 0.3) is 0 Å². The van der Waals surface area contributed by atoms with Gasteiger partial charge in [-0.05, 0) is 58.2 Å². The molecule has 0 aliphatic heterocycles. The van der Waals surface area contributed by atoms with Crippen molar-refractivity contribution in [3.63, 3.8) is 0 Å². The Hall–Kier alpha value is -3.80. The topological polar surface area (TPSA) is 102 Å². The first-order valence-corrected chi connectivity index (χ1v) is 12.6. The Morgan fingerprint density at radius 3 is 0.625 bits per heavy atom. The molecule has 0 heterocycles. The van der Waals surface area contributed by atoms with Crippen LogP contribution in [0.4, 0.5) is 0 Å². The summed E-state index contributed by atoms with van der Waals surface area (Å²) in [5.74, 6) is -2.34. The summed E-state index contributed by atoms with van der Waals surface area (Å²) in [4.78, 5) is 67.0. The smallest absolute Gasteiger partial charge is 0.299 e. The van der Waals surface area contributed by atoms with Crippen LogP contribution in [0.1, 0.15) is 76.0 Å². The molecule has 0 aromatic heterocycles. The van der Waals surface area contributed by atoms with Crippen molar-refractivity contribution in [1.82, 2.24) is 0 Å². The summed E-state index contributed by atoms with van der Waals surface area (Å²) < 4.78 is 0. The molecular formula is C33H36FeO6+3. The van der Waals surface area contributed by atoms with E-state index in [1.165, 1.54) is 41.5 Å². The number of ketones is 6. The van der Waals surface area contributed by atoms with E-state index in [9.17, 15) is 28.8 Å². The van der Waals surface area contributed by atoms with Gasteiger partial charge in [0.1, 0.15) is 52.5 Å². The van der Waals surface area contributed by atoms with Gasteiger partial charge in [0.05, 0.1) is 0 Å². The second kappa shape index (κ2) is 18.5. The van der Waals surface area contributed by atoms with Crippen LogP contribution >= 0.6 is 0 Å². The Balaban J connectivity index is 0.000000563. The minimum Gasteiger partial charge on any atom is -0.299 e. The zero-order chi connectivity index (χ0) is 29.5. The molecule has 7 heteroatoms. The number of rotatable bonds is 9. The van der Waals surface area contributed by atoms with Crippen molar-refractivity contribution in [3.8, 4) is 0 Å². The third-order valence-corrected chi connectivity index (χ3v) is 5.84. The minimum atomic E-state index is -0.582. The number of carbonyl (C=O) groups excluding carboxylic acids is 6. The number of benzene rings is 3. The molecule has 0 saturated carbocycles.